The molecule has 1 aromatic carbocycles. The molecule has 2 saturated carbocycles. The van der Waals surface area contributed by atoms with Gasteiger partial charge in [0, 0.05) is 25.0 Å². The lowest BCUT2D eigenvalue weighted by atomic mass is 9.46. The van der Waals surface area contributed by atoms with Crippen LogP contribution in [0.25, 0.3) is 5.76 Å². The van der Waals surface area contributed by atoms with Gasteiger partial charge in [-0.05, 0) is 19.8 Å². The number of aromatic hydroxyl groups is 2. The number of benzene rings is 1. The van der Waals surface area contributed by atoms with E-state index in [0.29, 0.717) is 0 Å². The number of ketones is 3. The molecule has 3 fully saturated rings. The lowest BCUT2D eigenvalue weighted by Crippen LogP contribution is -2.66. The van der Waals surface area contributed by atoms with Crippen molar-refractivity contribution < 1.29 is 48.7 Å². The van der Waals surface area contributed by atoms with Crippen molar-refractivity contribution in [3.05, 3.63) is 22.8 Å². The smallest absolute Gasteiger partial charge is 0.347 e. The summed E-state index contributed by atoms with van der Waals surface area (Å²) in [7, 11) is 2.38. The first-order chi connectivity index (χ1) is 15.1. The van der Waals surface area contributed by atoms with Gasteiger partial charge in [-0.25, -0.2) is 4.79 Å². The monoisotopic (exact) mass is 444 g/mol. The topological polar surface area (TPSA) is 157 Å². The average Bonchev–Trinajstić information content (AvgIpc) is 3.05. The van der Waals surface area contributed by atoms with Crippen LogP contribution in [-0.4, -0.2) is 64.6 Å². The van der Waals surface area contributed by atoms with Gasteiger partial charge in [0.05, 0.1) is 29.2 Å². The van der Waals surface area contributed by atoms with E-state index < -0.39 is 86.2 Å². The quantitative estimate of drug-likeness (QED) is 0.350. The molecule has 1 aliphatic heterocycles. The summed E-state index contributed by atoms with van der Waals surface area (Å²) in [5, 5.41) is 32.5. The lowest BCUT2D eigenvalue weighted by molar-refractivity contribution is -0.166. The Morgan fingerprint density at radius 3 is 2.41 bits per heavy atom. The second-order valence-electron chi connectivity index (χ2n) is 8.64. The highest BCUT2D eigenvalue weighted by molar-refractivity contribution is 6.28. The van der Waals surface area contributed by atoms with Crippen LogP contribution in [-0.2, 0) is 23.9 Å². The molecule has 0 radical (unpaired) electrons. The van der Waals surface area contributed by atoms with Gasteiger partial charge in [0.15, 0.2) is 17.3 Å². The molecule has 3 aliphatic carbocycles. The van der Waals surface area contributed by atoms with Gasteiger partial charge in [0.25, 0.3) is 0 Å². The number of aliphatic hydroxyl groups excluding tert-OH is 1. The van der Waals surface area contributed by atoms with Gasteiger partial charge in [-0.15, -0.1) is 0 Å². The molecule has 5 atom stereocenters. The van der Waals surface area contributed by atoms with Crippen molar-refractivity contribution in [1.29, 1.82) is 0 Å². The minimum absolute atomic E-state index is 0.0568. The van der Waals surface area contributed by atoms with Crippen molar-refractivity contribution in [3.63, 3.8) is 0 Å². The third-order valence-corrected chi connectivity index (χ3v) is 7.53. The van der Waals surface area contributed by atoms with Crippen LogP contribution in [0.2, 0.25) is 0 Å². The van der Waals surface area contributed by atoms with Crippen LogP contribution in [0.5, 0.6) is 17.2 Å². The summed E-state index contributed by atoms with van der Waals surface area (Å²) in [6.07, 6.45) is -1.07. The molecule has 1 heterocycles. The maximum absolute atomic E-state index is 14.0. The molecule has 5 rings (SSSR count). The van der Waals surface area contributed by atoms with E-state index >= 15 is 0 Å². The Bertz CT molecular complexity index is 1180. The van der Waals surface area contributed by atoms with Crippen LogP contribution < -0.4 is 4.74 Å². The second kappa shape index (κ2) is 6.10. The first-order valence-corrected chi connectivity index (χ1v) is 10.0. The largest absolute Gasteiger partial charge is 0.507 e. The number of hydrogen-bond acceptors (Lipinski definition) is 10. The number of fused-ring (bicyclic) bond motifs is 1. The zero-order valence-electron chi connectivity index (χ0n) is 17.4. The number of Topliss-reactive ketones (excluding diaryl/α,β-unsaturated/α-hetero) is 3. The van der Waals surface area contributed by atoms with Crippen molar-refractivity contribution in [3.8, 4) is 17.2 Å². The number of phenols is 2. The summed E-state index contributed by atoms with van der Waals surface area (Å²) in [4.78, 5) is 53.3. The van der Waals surface area contributed by atoms with Crippen LogP contribution in [0.3, 0.4) is 0 Å². The minimum atomic E-state index is -2.07. The SMILES string of the molecule is COc1cc(O)c2c(c1O)C(=O)C13CC4C(CC1C(C)=O)OC(=O)C4(OC)C(=O)C3=C2O. The number of methoxy groups -OCH3 is 2. The first kappa shape index (κ1) is 20.5. The molecule has 1 aromatic rings. The lowest BCUT2D eigenvalue weighted by Gasteiger charge is -2.54. The van der Waals surface area contributed by atoms with E-state index in [1.807, 2.05) is 0 Å². The van der Waals surface area contributed by atoms with Gasteiger partial charge in [0.1, 0.15) is 23.4 Å². The van der Waals surface area contributed by atoms with Gasteiger partial charge < -0.3 is 29.5 Å². The van der Waals surface area contributed by atoms with Crippen LogP contribution in [0.4, 0.5) is 0 Å². The van der Waals surface area contributed by atoms with Crippen LogP contribution in [0.15, 0.2) is 11.6 Å². The van der Waals surface area contributed by atoms with E-state index in [1.165, 1.54) is 14.0 Å². The van der Waals surface area contributed by atoms with Gasteiger partial charge in [0.2, 0.25) is 11.4 Å². The van der Waals surface area contributed by atoms with Crippen molar-refractivity contribution >= 4 is 29.1 Å². The molecule has 1 spiro atoms. The number of carbonyl (C=O) groups is 4. The number of hydrogen-bond donors (Lipinski definition) is 3. The molecule has 5 unspecified atom stereocenters. The molecule has 3 N–H and O–H groups in total. The number of rotatable bonds is 3. The van der Waals surface area contributed by atoms with Crippen molar-refractivity contribution in [1.82, 2.24) is 0 Å². The number of carbonyl (C=O) groups excluding carboxylic acids is 4. The average molecular weight is 444 g/mol. The molecule has 2 bridgehead atoms. The Balaban J connectivity index is 1.92. The van der Waals surface area contributed by atoms with E-state index in [-0.39, 0.29) is 18.6 Å². The van der Waals surface area contributed by atoms with E-state index in [2.05, 4.69) is 0 Å². The highest BCUT2D eigenvalue weighted by Gasteiger charge is 2.77. The summed E-state index contributed by atoms with van der Waals surface area (Å²) in [6, 6.07) is 0.988. The van der Waals surface area contributed by atoms with Gasteiger partial charge >= 0.3 is 5.97 Å². The first-order valence-electron chi connectivity index (χ1n) is 10.0. The Morgan fingerprint density at radius 1 is 1.12 bits per heavy atom. The van der Waals surface area contributed by atoms with Crippen molar-refractivity contribution in [2.75, 3.05) is 14.2 Å². The summed E-state index contributed by atoms with van der Waals surface area (Å²) < 4.78 is 15.8. The Morgan fingerprint density at radius 2 is 1.81 bits per heavy atom. The zero-order valence-corrected chi connectivity index (χ0v) is 17.4. The molecule has 0 amide bonds. The summed E-state index contributed by atoms with van der Waals surface area (Å²) in [6.45, 7) is 1.25. The summed E-state index contributed by atoms with van der Waals surface area (Å²) in [5.41, 5.74) is -5.32. The maximum atomic E-state index is 14.0. The highest BCUT2D eigenvalue weighted by Crippen LogP contribution is 2.66. The number of ether oxygens (including phenoxy) is 3. The molecule has 10 nitrogen and oxygen atoms in total. The third kappa shape index (κ3) is 1.95. The molecule has 0 aromatic heterocycles. The predicted octanol–water partition coefficient (Wildman–Crippen LogP) is 1.07. The van der Waals surface area contributed by atoms with Crippen LogP contribution in [0, 0.1) is 17.3 Å². The molecule has 168 valence electrons. The number of phenolic OH excluding ortho intramolecular Hbond substituents is 2. The van der Waals surface area contributed by atoms with Crippen molar-refractivity contribution in [2.45, 2.75) is 31.5 Å². The fourth-order valence-corrected chi connectivity index (χ4v) is 6.18. The Labute approximate surface area is 181 Å². The molecule has 10 heteroatoms. The van der Waals surface area contributed by atoms with Gasteiger partial charge in [-0.2, -0.15) is 0 Å². The zero-order chi connectivity index (χ0) is 23.3. The Kier molecular flexibility index (Phi) is 3.91. The van der Waals surface area contributed by atoms with E-state index in [9.17, 15) is 34.5 Å². The molecular formula is C22H20O10. The normalized spacial score (nSPS) is 34.7. The second-order valence-corrected chi connectivity index (χ2v) is 8.64. The van der Waals surface area contributed by atoms with Gasteiger partial charge in [-0.3, -0.25) is 14.4 Å². The number of esters is 1. The fraction of sp³-hybridized carbons (Fsp3) is 0.455. The van der Waals surface area contributed by atoms with E-state index in [1.54, 1.807) is 0 Å². The summed E-state index contributed by atoms with van der Waals surface area (Å²) in [5.74, 6) is -7.44. The third-order valence-electron chi connectivity index (χ3n) is 7.53. The van der Waals surface area contributed by atoms with Crippen molar-refractivity contribution in [2.24, 2.45) is 17.3 Å². The maximum Gasteiger partial charge on any atom is 0.347 e. The molecule has 4 aliphatic rings. The summed E-state index contributed by atoms with van der Waals surface area (Å²) >= 11 is 0. The Hall–Kier alpha value is -3.40. The molecule has 1 saturated heterocycles. The molecular weight excluding hydrogens is 424 g/mol. The molecule has 32 heavy (non-hydrogen) atoms. The number of aliphatic hydroxyl groups is 1. The van der Waals surface area contributed by atoms with E-state index in [0.717, 1.165) is 13.2 Å². The van der Waals surface area contributed by atoms with Gasteiger partial charge in [-0.1, -0.05) is 0 Å². The highest BCUT2D eigenvalue weighted by atomic mass is 16.6. The van der Waals surface area contributed by atoms with Crippen LogP contribution in [0.1, 0.15) is 35.7 Å². The van der Waals surface area contributed by atoms with Crippen LogP contribution >= 0.6 is 0 Å². The van der Waals surface area contributed by atoms with E-state index in [4.69, 9.17) is 14.2 Å². The fourth-order valence-electron chi connectivity index (χ4n) is 6.18. The predicted molar refractivity (Wildman–Crippen MR) is 104 cm³/mol. The standard InChI is InChI=1S/C22H20O10/c1-7(23)8-4-11-9-6-21(8)15(19(28)22(9,31-3)20(29)32-11)17(26)13-10(24)5-12(30-2)16(25)14(13)18(21)27/h5,8-9,11,24-26H,4,6H2,1-3H3. The minimum Gasteiger partial charge on any atom is -0.507 e.